The summed E-state index contributed by atoms with van der Waals surface area (Å²) in [7, 11) is 1.66. The number of anilines is 1. The SMILES string of the molecule is COc1ccc(N2CCN(C(=O)C3CCC(Cn4c(=O)[nH]c5ccccc5c4=O)CC3)CC2)cc1. The molecule has 0 radical (unpaired) electrons. The number of piperazine rings is 1. The predicted octanol–water partition coefficient (Wildman–Crippen LogP) is 2.85. The summed E-state index contributed by atoms with van der Waals surface area (Å²) in [6.07, 6.45) is 3.31. The van der Waals surface area contributed by atoms with Crippen molar-refractivity contribution in [3.05, 3.63) is 69.4 Å². The Hall–Kier alpha value is -3.55. The minimum Gasteiger partial charge on any atom is -0.497 e. The number of carbonyl (C=O) groups excluding carboxylic acids is 1. The summed E-state index contributed by atoms with van der Waals surface area (Å²) in [6.45, 7) is 3.50. The zero-order valence-corrected chi connectivity index (χ0v) is 20.1. The Balaban J connectivity index is 1.15. The van der Waals surface area contributed by atoms with Crippen LogP contribution in [0.3, 0.4) is 0 Å². The maximum atomic E-state index is 13.2. The van der Waals surface area contributed by atoms with Crippen molar-refractivity contribution in [1.29, 1.82) is 0 Å². The van der Waals surface area contributed by atoms with E-state index in [4.69, 9.17) is 4.74 Å². The maximum Gasteiger partial charge on any atom is 0.328 e. The Bertz CT molecular complexity index is 1300. The second kappa shape index (κ2) is 9.98. The molecule has 8 heteroatoms. The molecule has 0 unspecified atom stereocenters. The van der Waals surface area contributed by atoms with E-state index in [1.165, 1.54) is 4.57 Å². The largest absolute Gasteiger partial charge is 0.497 e. The number of nitrogens with one attached hydrogen (secondary N) is 1. The van der Waals surface area contributed by atoms with Crippen molar-refractivity contribution < 1.29 is 9.53 Å². The molecule has 184 valence electrons. The third kappa shape index (κ3) is 4.83. The first kappa shape index (κ1) is 23.2. The van der Waals surface area contributed by atoms with Gasteiger partial charge in [0.1, 0.15) is 5.75 Å². The average molecular weight is 477 g/mol. The number of fused-ring (bicyclic) bond motifs is 1. The fraction of sp³-hybridized carbons (Fsp3) is 0.444. The number of rotatable bonds is 5. The van der Waals surface area contributed by atoms with Gasteiger partial charge in [0.15, 0.2) is 0 Å². The molecule has 1 aliphatic carbocycles. The summed E-state index contributed by atoms with van der Waals surface area (Å²) in [5.41, 5.74) is 1.12. The van der Waals surface area contributed by atoms with Crippen LogP contribution < -0.4 is 20.9 Å². The van der Waals surface area contributed by atoms with Crippen molar-refractivity contribution in [2.45, 2.75) is 32.2 Å². The molecule has 1 amide bonds. The van der Waals surface area contributed by atoms with Crippen LogP contribution in [0.2, 0.25) is 0 Å². The quantitative estimate of drug-likeness (QED) is 0.612. The number of amides is 1. The van der Waals surface area contributed by atoms with E-state index in [9.17, 15) is 14.4 Å². The lowest BCUT2D eigenvalue weighted by Crippen LogP contribution is -2.50. The molecule has 1 aromatic heterocycles. The van der Waals surface area contributed by atoms with Crippen LogP contribution in [0.4, 0.5) is 5.69 Å². The van der Waals surface area contributed by atoms with Crippen LogP contribution in [0.1, 0.15) is 25.7 Å². The Morgan fingerprint density at radius 1 is 0.943 bits per heavy atom. The molecule has 1 N–H and O–H groups in total. The summed E-state index contributed by atoms with van der Waals surface area (Å²) in [5, 5.41) is 0.532. The number of aromatic amines is 1. The van der Waals surface area contributed by atoms with Gasteiger partial charge in [0.25, 0.3) is 5.56 Å². The van der Waals surface area contributed by atoms with E-state index < -0.39 is 0 Å². The molecule has 2 aromatic carbocycles. The minimum absolute atomic E-state index is 0.0328. The molecule has 3 aromatic rings. The molecule has 1 aliphatic heterocycles. The molecule has 1 saturated heterocycles. The lowest BCUT2D eigenvalue weighted by molar-refractivity contribution is -0.137. The fourth-order valence-electron chi connectivity index (χ4n) is 5.45. The standard InChI is InChI=1S/C27H32N4O4/c1-35-22-12-10-21(11-13-22)29-14-16-30(17-15-29)25(32)20-8-6-19(7-9-20)18-31-26(33)23-4-2-3-5-24(23)28-27(31)34/h2-5,10-13,19-20H,6-9,14-18H2,1H3,(H,28,34). The number of hydrogen-bond donors (Lipinski definition) is 1. The summed E-state index contributed by atoms with van der Waals surface area (Å²) < 4.78 is 6.56. The number of methoxy groups -OCH3 is 1. The van der Waals surface area contributed by atoms with Gasteiger partial charge in [-0.15, -0.1) is 0 Å². The second-order valence-electron chi connectivity index (χ2n) is 9.62. The summed E-state index contributed by atoms with van der Waals surface area (Å²) in [5.74, 6) is 1.35. The van der Waals surface area contributed by atoms with Gasteiger partial charge in [-0.05, 0) is 68.0 Å². The Morgan fingerprint density at radius 2 is 1.63 bits per heavy atom. The maximum absolute atomic E-state index is 13.2. The third-order valence-electron chi connectivity index (χ3n) is 7.56. The van der Waals surface area contributed by atoms with Crippen LogP contribution in [0.15, 0.2) is 58.1 Å². The monoisotopic (exact) mass is 476 g/mol. The molecule has 0 atom stereocenters. The van der Waals surface area contributed by atoms with Crippen molar-refractivity contribution in [2.75, 3.05) is 38.2 Å². The molecule has 35 heavy (non-hydrogen) atoms. The minimum atomic E-state index is -0.360. The summed E-state index contributed by atoms with van der Waals surface area (Å²) >= 11 is 0. The van der Waals surface area contributed by atoms with Gasteiger partial charge in [-0.3, -0.25) is 14.2 Å². The molecule has 2 heterocycles. The number of benzene rings is 2. The Labute approximate surface area is 204 Å². The van der Waals surface area contributed by atoms with E-state index >= 15 is 0 Å². The van der Waals surface area contributed by atoms with E-state index in [2.05, 4.69) is 22.0 Å². The van der Waals surface area contributed by atoms with Crippen LogP contribution in [0.5, 0.6) is 5.75 Å². The van der Waals surface area contributed by atoms with Gasteiger partial charge in [-0.1, -0.05) is 12.1 Å². The zero-order chi connectivity index (χ0) is 24.4. The molecule has 0 spiro atoms. The topological polar surface area (TPSA) is 87.6 Å². The third-order valence-corrected chi connectivity index (χ3v) is 7.56. The number of H-pyrrole nitrogens is 1. The highest BCUT2D eigenvalue weighted by molar-refractivity contribution is 5.79. The van der Waals surface area contributed by atoms with Gasteiger partial charge in [0, 0.05) is 44.3 Å². The van der Waals surface area contributed by atoms with Crippen LogP contribution >= 0.6 is 0 Å². The summed E-state index contributed by atoms with van der Waals surface area (Å²) in [6, 6.07) is 15.1. The zero-order valence-electron chi connectivity index (χ0n) is 20.1. The van der Waals surface area contributed by atoms with Gasteiger partial charge >= 0.3 is 5.69 Å². The fourth-order valence-corrected chi connectivity index (χ4v) is 5.45. The number of hydrogen-bond acceptors (Lipinski definition) is 5. The summed E-state index contributed by atoms with van der Waals surface area (Å²) in [4.78, 5) is 45.6. The van der Waals surface area contributed by atoms with E-state index in [1.807, 2.05) is 17.0 Å². The molecular weight excluding hydrogens is 444 g/mol. The normalized spacial score (nSPS) is 20.7. The molecule has 0 bridgehead atoms. The first-order valence-corrected chi connectivity index (χ1v) is 12.4. The highest BCUT2D eigenvalue weighted by Crippen LogP contribution is 2.31. The lowest BCUT2D eigenvalue weighted by Gasteiger charge is -2.39. The highest BCUT2D eigenvalue weighted by Gasteiger charge is 2.31. The van der Waals surface area contributed by atoms with Gasteiger partial charge in [0.2, 0.25) is 5.91 Å². The molecular formula is C27H32N4O4. The van der Waals surface area contributed by atoms with Gasteiger partial charge in [-0.25, -0.2) is 4.79 Å². The molecule has 2 fully saturated rings. The average Bonchev–Trinajstić information content (AvgIpc) is 2.91. The van der Waals surface area contributed by atoms with Crippen LogP contribution in [0, 0.1) is 11.8 Å². The van der Waals surface area contributed by atoms with Crippen LogP contribution in [-0.4, -0.2) is 53.6 Å². The van der Waals surface area contributed by atoms with Crippen molar-refractivity contribution >= 4 is 22.5 Å². The number of ether oxygens (including phenoxy) is 1. The lowest BCUT2D eigenvalue weighted by atomic mass is 9.81. The number of nitrogens with zero attached hydrogens (tertiary/aromatic N) is 3. The molecule has 8 nitrogen and oxygen atoms in total. The van der Waals surface area contributed by atoms with E-state index in [1.54, 1.807) is 31.4 Å². The molecule has 2 aliphatic rings. The Morgan fingerprint density at radius 3 is 2.31 bits per heavy atom. The Kier molecular flexibility index (Phi) is 6.61. The first-order chi connectivity index (χ1) is 17.0. The van der Waals surface area contributed by atoms with Crippen LogP contribution in [0.25, 0.3) is 10.9 Å². The van der Waals surface area contributed by atoms with Gasteiger partial charge < -0.3 is 19.5 Å². The molecule has 5 rings (SSSR count). The smallest absolute Gasteiger partial charge is 0.328 e. The van der Waals surface area contributed by atoms with Gasteiger partial charge in [-0.2, -0.15) is 0 Å². The van der Waals surface area contributed by atoms with E-state index in [0.717, 1.165) is 63.3 Å². The number of para-hydroxylation sites is 1. The van der Waals surface area contributed by atoms with E-state index in [0.29, 0.717) is 17.4 Å². The van der Waals surface area contributed by atoms with Crippen molar-refractivity contribution in [2.24, 2.45) is 11.8 Å². The first-order valence-electron chi connectivity index (χ1n) is 12.4. The number of aromatic nitrogens is 2. The van der Waals surface area contributed by atoms with Crippen molar-refractivity contribution in [3.8, 4) is 5.75 Å². The van der Waals surface area contributed by atoms with Crippen molar-refractivity contribution in [1.82, 2.24) is 14.5 Å². The highest BCUT2D eigenvalue weighted by atomic mass is 16.5. The van der Waals surface area contributed by atoms with E-state index in [-0.39, 0.29) is 29.0 Å². The number of carbonyl (C=O) groups is 1. The van der Waals surface area contributed by atoms with Gasteiger partial charge in [0.05, 0.1) is 18.0 Å². The van der Waals surface area contributed by atoms with Crippen LogP contribution in [-0.2, 0) is 11.3 Å². The van der Waals surface area contributed by atoms with Crippen molar-refractivity contribution in [3.63, 3.8) is 0 Å². The molecule has 1 saturated carbocycles. The predicted molar refractivity (Wildman–Crippen MR) is 136 cm³/mol. The second-order valence-corrected chi connectivity index (χ2v) is 9.62.